The Morgan fingerprint density at radius 1 is 0.800 bits per heavy atom. The first-order valence-corrected chi connectivity index (χ1v) is 13.8. The third kappa shape index (κ3) is 7.09. The molecule has 0 unspecified atom stereocenters. The van der Waals surface area contributed by atoms with E-state index in [1.54, 1.807) is 72.8 Å². The summed E-state index contributed by atoms with van der Waals surface area (Å²) in [7, 11) is -1.20. The summed E-state index contributed by atoms with van der Waals surface area (Å²) in [5, 5.41) is 2.78. The van der Waals surface area contributed by atoms with Crippen LogP contribution in [0.5, 0.6) is 17.2 Å². The summed E-state index contributed by atoms with van der Waals surface area (Å²) in [4.78, 5) is 13.0. The van der Waals surface area contributed by atoms with Crippen molar-refractivity contribution in [1.82, 2.24) is 5.32 Å². The van der Waals surface area contributed by atoms with Crippen LogP contribution in [0.4, 0.5) is 10.1 Å². The molecular formula is C30H29FN2O6S. The first-order valence-electron chi connectivity index (χ1n) is 12.3. The maximum atomic E-state index is 13.6. The van der Waals surface area contributed by atoms with Crippen molar-refractivity contribution in [1.29, 1.82) is 0 Å². The molecule has 0 fully saturated rings. The molecule has 0 atom stereocenters. The van der Waals surface area contributed by atoms with Gasteiger partial charge in [0, 0.05) is 6.54 Å². The maximum absolute atomic E-state index is 13.6. The van der Waals surface area contributed by atoms with E-state index in [2.05, 4.69) is 5.32 Å². The van der Waals surface area contributed by atoms with Crippen LogP contribution in [0.3, 0.4) is 0 Å². The standard InChI is InChI=1S/C30H29FN2O6S/c1-37-25-15-17-27(18-16-25)40(35,36)33(28-5-3-4-6-29(28)38-2)20-30(34)32-19-22-9-13-26(14-10-22)39-21-23-7-11-24(31)12-8-23/h3-18H,19-21H2,1-2H3,(H,32,34). The molecule has 0 aliphatic carbocycles. The number of hydrogen-bond acceptors (Lipinski definition) is 6. The fourth-order valence-corrected chi connectivity index (χ4v) is 5.28. The number of anilines is 1. The Labute approximate surface area is 233 Å². The summed E-state index contributed by atoms with van der Waals surface area (Å²) in [6.45, 7) is 0.00480. The average molecular weight is 565 g/mol. The van der Waals surface area contributed by atoms with Crippen molar-refractivity contribution in [2.75, 3.05) is 25.1 Å². The van der Waals surface area contributed by atoms with Crippen molar-refractivity contribution in [2.45, 2.75) is 18.0 Å². The van der Waals surface area contributed by atoms with Gasteiger partial charge in [-0.05, 0) is 71.8 Å². The third-order valence-electron chi connectivity index (χ3n) is 6.02. The van der Waals surface area contributed by atoms with E-state index >= 15 is 0 Å². The first-order chi connectivity index (χ1) is 19.3. The fraction of sp³-hybridized carbons (Fsp3) is 0.167. The topological polar surface area (TPSA) is 94.2 Å². The second kappa shape index (κ2) is 13.0. The lowest BCUT2D eigenvalue weighted by molar-refractivity contribution is -0.119. The minimum atomic E-state index is -4.13. The van der Waals surface area contributed by atoms with Gasteiger partial charge in [0.25, 0.3) is 10.0 Å². The number of methoxy groups -OCH3 is 2. The quantitative estimate of drug-likeness (QED) is 0.262. The van der Waals surface area contributed by atoms with Gasteiger partial charge in [-0.25, -0.2) is 12.8 Å². The molecule has 0 bridgehead atoms. The number of rotatable bonds is 12. The van der Waals surface area contributed by atoms with Crippen molar-refractivity contribution >= 4 is 21.6 Å². The molecule has 1 amide bonds. The molecular weight excluding hydrogens is 535 g/mol. The number of halogens is 1. The van der Waals surface area contributed by atoms with Gasteiger partial charge in [0.05, 0.1) is 24.8 Å². The van der Waals surface area contributed by atoms with Crippen LogP contribution in [-0.2, 0) is 28.0 Å². The molecule has 4 aromatic carbocycles. The van der Waals surface area contributed by atoms with E-state index in [0.717, 1.165) is 15.4 Å². The predicted octanol–water partition coefficient (Wildman–Crippen LogP) is 4.93. The van der Waals surface area contributed by atoms with Crippen molar-refractivity contribution in [3.63, 3.8) is 0 Å². The Morgan fingerprint density at radius 3 is 2.08 bits per heavy atom. The maximum Gasteiger partial charge on any atom is 0.264 e. The largest absolute Gasteiger partial charge is 0.497 e. The van der Waals surface area contributed by atoms with Gasteiger partial charge in [0.1, 0.15) is 36.2 Å². The highest BCUT2D eigenvalue weighted by atomic mass is 32.2. The van der Waals surface area contributed by atoms with Crippen molar-refractivity contribution in [2.24, 2.45) is 0 Å². The Bertz CT molecular complexity index is 1530. The minimum absolute atomic E-state index is 0.00299. The number of hydrogen-bond donors (Lipinski definition) is 1. The van der Waals surface area contributed by atoms with Crippen LogP contribution in [0.1, 0.15) is 11.1 Å². The summed E-state index contributed by atoms with van der Waals surface area (Å²) >= 11 is 0. The zero-order chi connectivity index (χ0) is 28.5. The van der Waals surface area contributed by atoms with Crippen LogP contribution in [0.15, 0.2) is 102 Å². The summed E-state index contributed by atoms with van der Waals surface area (Å²) in [5.74, 6) is 0.627. The normalized spacial score (nSPS) is 11.0. The molecule has 0 radical (unpaired) electrons. The van der Waals surface area contributed by atoms with Crippen LogP contribution < -0.4 is 23.8 Å². The van der Waals surface area contributed by atoms with Gasteiger partial charge in [-0.2, -0.15) is 0 Å². The number of benzene rings is 4. The lowest BCUT2D eigenvalue weighted by Crippen LogP contribution is -2.40. The van der Waals surface area contributed by atoms with E-state index in [4.69, 9.17) is 14.2 Å². The number of carbonyl (C=O) groups is 1. The van der Waals surface area contributed by atoms with E-state index in [1.807, 2.05) is 0 Å². The molecule has 0 saturated heterocycles. The number of ether oxygens (including phenoxy) is 3. The number of para-hydroxylation sites is 2. The molecule has 4 rings (SSSR count). The second-order valence-corrected chi connectivity index (χ2v) is 10.6. The molecule has 0 aliphatic heterocycles. The van der Waals surface area contributed by atoms with Gasteiger partial charge >= 0.3 is 0 Å². The SMILES string of the molecule is COc1ccc(S(=O)(=O)N(CC(=O)NCc2ccc(OCc3ccc(F)cc3)cc2)c2ccccc2OC)cc1. The highest BCUT2D eigenvalue weighted by molar-refractivity contribution is 7.92. The van der Waals surface area contributed by atoms with Gasteiger partial charge in [0.15, 0.2) is 0 Å². The second-order valence-electron chi connectivity index (χ2n) is 8.69. The monoisotopic (exact) mass is 564 g/mol. The van der Waals surface area contributed by atoms with E-state index in [1.165, 1.54) is 38.5 Å². The van der Waals surface area contributed by atoms with Crippen LogP contribution >= 0.6 is 0 Å². The smallest absolute Gasteiger partial charge is 0.264 e. The third-order valence-corrected chi connectivity index (χ3v) is 7.79. The molecule has 8 nitrogen and oxygen atoms in total. The molecule has 0 heterocycles. The number of nitrogens with zero attached hydrogens (tertiary/aromatic N) is 1. The zero-order valence-electron chi connectivity index (χ0n) is 22.0. The molecule has 0 aliphatic rings. The summed E-state index contributed by atoms with van der Waals surface area (Å²) in [6.07, 6.45) is 0. The van der Waals surface area contributed by atoms with Crippen molar-refractivity contribution < 1.29 is 31.8 Å². The van der Waals surface area contributed by atoms with Gasteiger partial charge in [0.2, 0.25) is 5.91 Å². The van der Waals surface area contributed by atoms with Gasteiger partial charge in [-0.15, -0.1) is 0 Å². The van der Waals surface area contributed by atoms with E-state index in [-0.39, 0.29) is 29.6 Å². The van der Waals surface area contributed by atoms with E-state index < -0.39 is 22.5 Å². The number of nitrogens with one attached hydrogen (secondary N) is 1. The first kappa shape index (κ1) is 28.4. The summed E-state index contributed by atoms with van der Waals surface area (Å²) in [6, 6.07) is 25.7. The molecule has 208 valence electrons. The molecule has 40 heavy (non-hydrogen) atoms. The Balaban J connectivity index is 1.44. The Hall–Kier alpha value is -4.57. The highest BCUT2D eigenvalue weighted by Gasteiger charge is 2.29. The molecule has 0 saturated carbocycles. The molecule has 0 spiro atoms. The van der Waals surface area contributed by atoms with Gasteiger partial charge in [-0.1, -0.05) is 36.4 Å². The Kier molecular flexibility index (Phi) is 9.23. The molecule has 0 aromatic heterocycles. The van der Waals surface area contributed by atoms with Crippen LogP contribution in [0.2, 0.25) is 0 Å². The summed E-state index contributed by atoms with van der Waals surface area (Å²) in [5.41, 5.74) is 1.87. The minimum Gasteiger partial charge on any atom is -0.497 e. The van der Waals surface area contributed by atoms with Crippen molar-refractivity contribution in [3.05, 3.63) is 114 Å². The Morgan fingerprint density at radius 2 is 1.43 bits per heavy atom. The zero-order valence-corrected chi connectivity index (χ0v) is 22.9. The highest BCUT2D eigenvalue weighted by Crippen LogP contribution is 2.32. The lowest BCUT2D eigenvalue weighted by Gasteiger charge is -2.25. The van der Waals surface area contributed by atoms with Crippen LogP contribution in [0, 0.1) is 5.82 Å². The van der Waals surface area contributed by atoms with E-state index in [0.29, 0.717) is 17.2 Å². The molecule has 1 N–H and O–H groups in total. The van der Waals surface area contributed by atoms with Crippen LogP contribution in [-0.4, -0.2) is 35.1 Å². The van der Waals surface area contributed by atoms with Gasteiger partial charge in [-0.3, -0.25) is 9.10 Å². The average Bonchev–Trinajstić information content (AvgIpc) is 2.99. The fourth-order valence-electron chi connectivity index (χ4n) is 3.85. The lowest BCUT2D eigenvalue weighted by atomic mass is 10.2. The number of carbonyl (C=O) groups excluding carboxylic acids is 1. The molecule has 10 heteroatoms. The predicted molar refractivity (Wildman–Crippen MR) is 150 cm³/mol. The summed E-state index contributed by atoms with van der Waals surface area (Å²) < 4.78 is 57.6. The number of amides is 1. The van der Waals surface area contributed by atoms with Crippen LogP contribution in [0.25, 0.3) is 0 Å². The van der Waals surface area contributed by atoms with Crippen molar-refractivity contribution in [3.8, 4) is 17.2 Å². The number of sulfonamides is 1. The van der Waals surface area contributed by atoms with Gasteiger partial charge < -0.3 is 19.5 Å². The van der Waals surface area contributed by atoms with E-state index in [9.17, 15) is 17.6 Å². The molecule has 4 aromatic rings.